The van der Waals surface area contributed by atoms with Gasteiger partial charge in [-0.2, -0.15) is 5.10 Å². The van der Waals surface area contributed by atoms with Crippen molar-refractivity contribution < 1.29 is 4.42 Å². The van der Waals surface area contributed by atoms with Crippen molar-refractivity contribution in [3.63, 3.8) is 0 Å². The van der Waals surface area contributed by atoms with E-state index in [2.05, 4.69) is 34.0 Å². The molecule has 1 aliphatic heterocycles. The SMILES string of the molecule is CCN1CN(c2cccc3c2oc2ccncc23)C=N1. The van der Waals surface area contributed by atoms with Gasteiger partial charge in [-0.25, -0.2) is 0 Å². The molecule has 0 unspecified atom stereocenters. The van der Waals surface area contributed by atoms with Gasteiger partial charge in [-0.15, -0.1) is 0 Å². The van der Waals surface area contributed by atoms with Crippen molar-refractivity contribution in [3.05, 3.63) is 36.7 Å². The number of hydrogen-bond acceptors (Lipinski definition) is 5. The van der Waals surface area contributed by atoms with Crippen molar-refractivity contribution in [2.75, 3.05) is 18.1 Å². The quantitative estimate of drug-likeness (QED) is 0.715. The lowest BCUT2D eigenvalue weighted by atomic mass is 10.1. The number of hydrazone groups is 1. The Morgan fingerprint density at radius 2 is 2.20 bits per heavy atom. The monoisotopic (exact) mass is 266 g/mol. The normalized spacial score (nSPS) is 14.8. The Labute approximate surface area is 116 Å². The van der Waals surface area contributed by atoms with Crippen LogP contribution in [0.15, 0.2) is 46.2 Å². The number of aromatic nitrogens is 1. The van der Waals surface area contributed by atoms with Gasteiger partial charge >= 0.3 is 0 Å². The van der Waals surface area contributed by atoms with Crippen molar-refractivity contribution in [3.8, 4) is 0 Å². The number of para-hydroxylation sites is 1. The van der Waals surface area contributed by atoms with Gasteiger partial charge in [0.2, 0.25) is 0 Å². The summed E-state index contributed by atoms with van der Waals surface area (Å²) in [5.74, 6) is 0. The summed E-state index contributed by atoms with van der Waals surface area (Å²) in [7, 11) is 0. The summed E-state index contributed by atoms with van der Waals surface area (Å²) in [5.41, 5.74) is 2.80. The summed E-state index contributed by atoms with van der Waals surface area (Å²) < 4.78 is 6.00. The Balaban J connectivity index is 1.90. The van der Waals surface area contributed by atoms with Crippen LogP contribution in [0, 0.1) is 0 Å². The number of nitrogens with zero attached hydrogens (tertiary/aromatic N) is 4. The summed E-state index contributed by atoms with van der Waals surface area (Å²) >= 11 is 0. The molecule has 3 aromatic rings. The van der Waals surface area contributed by atoms with Gasteiger partial charge < -0.3 is 9.32 Å². The first-order valence-corrected chi connectivity index (χ1v) is 6.68. The third kappa shape index (κ3) is 1.56. The maximum Gasteiger partial charge on any atom is 0.159 e. The van der Waals surface area contributed by atoms with Crippen LogP contribution in [0.5, 0.6) is 0 Å². The molecule has 0 aliphatic carbocycles. The van der Waals surface area contributed by atoms with E-state index in [1.54, 1.807) is 6.20 Å². The summed E-state index contributed by atoms with van der Waals surface area (Å²) in [4.78, 5) is 6.28. The molecule has 1 aliphatic rings. The van der Waals surface area contributed by atoms with Gasteiger partial charge in [-0.1, -0.05) is 12.1 Å². The molecule has 5 nitrogen and oxygen atoms in total. The first kappa shape index (κ1) is 11.3. The zero-order valence-corrected chi connectivity index (χ0v) is 11.2. The van der Waals surface area contributed by atoms with Gasteiger partial charge in [0.25, 0.3) is 0 Å². The van der Waals surface area contributed by atoms with Crippen molar-refractivity contribution in [2.24, 2.45) is 5.10 Å². The highest BCUT2D eigenvalue weighted by atomic mass is 16.3. The van der Waals surface area contributed by atoms with Gasteiger partial charge in [0, 0.05) is 29.7 Å². The van der Waals surface area contributed by atoms with E-state index in [-0.39, 0.29) is 0 Å². The van der Waals surface area contributed by atoms with Crippen molar-refractivity contribution in [1.82, 2.24) is 9.99 Å². The Kier molecular flexibility index (Phi) is 2.39. The van der Waals surface area contributed by atoms with Crippen molar-refractivity contribution in [2.45, 2.75) is 6.92 Å². The van der Waals surface area contributed by atoms with Crippen LogP contribution in [0.25, 0.3) is 21.9 Å². The number of anilines is 1. The molecule has 0 saturated carbocycles. The number of rotatable bonds is 2. The fourth-order valence-corrected chi connectivity index (χ4v) is 2.56. The van der Waals surface area contributed by atoms with Gasteiger partial charge in [0.05, 0.1) is 5.69 Å². The van der Waals surface area contributed by atoms with Gasteiger partial charge in [-0.05, 0) is 19.1 Å². The van der Waals surface area contributed by atoms with E-state index >= 15 is 0 Å². The summed E-state index contributed by atoms with van der Waals surface area (Å²) in [5, 5.41) is 8.50. The van der Waals surface area contributed by atoms with E-state index in [9.17, 15) is 0 Å². The minimum atomic E-state index is 0.755. The molecule has 100 valence electrons. The highest BCUT2D eigenvalue weighted by Crippen LogP contribution is 2.34. The van der Waals surface area contributed by atoms with Gasteiger partial charge in [-0.3, -0.25) is 9.99 Å². The molecular formula is C15H14N4O. The summed E-state index contributed by atoms with van der Waals surface area (Å²) in [6.07, 6.45) is 5.45. The van der Waals surface area contributed by atoms with Crippen molar-refractivity contribution in [1.29, 1.82) is 0 Å². The van der Waals surface area contributed by atoms with E-state index in [0.29, 0.717) is 0 Å². The first-order valence-electron chi connectivity index (χ1n) is 6.68. The summed E-state index contributed by atoms with van der Waals surface area (Å²) in [6.45, 7) is 3.74. The third-order valence-corrected chi connectivity index (χ3v) is 3.62. The Hall–Kier alpha value is -2.56. The van der Waals surface area contributed by atoms with Gasteiger partial charge in [0.1, 0.15) is 18.6 Å². The van der Waals surface area contributed by atoms with Crippen LogP contribution < -0.4 is 4.90 Å². The fraction of sp³-hybridized carbons (Fsp3) is 0.200. The van der Waals surface area contributed by atoms with Crippen LogP contribution in [0.4, 0.5) is 5.69 Å². The largest absolute Gasteiger partial charge is 0.454 e. The molecule has 0 saturated heterocycles. The lowest BCUT2D eigenvalue weighted by Gasteiger charge is -2.17. The lowest BCUT2D eigenvalue weighted by molar-refractivity contribution is 0.337. The van der Waals surface area contributed by atoms with E-state index in [4.69, 9.17) is 4.42 Å². The smallest absolute Gasteiger partial charge is 0.159 e. The fourth-order valence-electron chi connectivity index (χ4n) is 2.56. The molecule has 0 radical (unpaired) electrons. The molecule has 0 amide bonds. The minimum absolute atomic E-state index is 0.755. The highest BCUT2D eigenvalue weighted by Gasteiger charge is 2.19. The standard InChI is InChI=1S/C15H14N4O/c1-2-19-10-18(9-17-19)13-5-3-4-11-12-8-16-7-6-14(12)20-15(11)13/h3-9H,2,10H2,1H3. The number of benzene rings is 1. The lowest BCUT2D eigenvalue weighted by Crippen LogP contribution is -2.26. The number of hydrogen-bond donors (Lipinski definition) is 0. The summed E-state index contributed by atoms with van der Waals surface area (Å²) in [6, 6.07) is 8.07. The molecule has 5 heteroatoms. The van der Waals surface area contributed by atoms with E-state index < -0.39 is 0 Å². The second-order valence-corrected chi connectivity index (χ2v) is 4.79. The van der Waals surface area contributed by atoms with Crippen LogP contribution in [-0.2, 0) is 0 Å². The predicted molar refractivity (Wildman–Crippen MR) is 79.7 cm³/mol. The number of pyridine rings is 1. The number of furan rings is 1. The maximum atomic E-state index is 6.00. The molecule has 0 bridgehead atoms. The maximum absolute atomic E-state index is 6.00. The van der Waals surface area contributed by atoms with E-state index in [1.165, 1.54) is 0 Å². The Morgan fingerprint density at radius 3 is 3.05 bits per heavy atom. The average Bonchev–Trinajstić information content (AvgIpc) is 3.11. The van der Waals surface area contributed by atoms with Crippen LogP contribution in [0.2, 0.25) is 0 Å². The molecule has 0 spiro atoms. The molecule has 0 N–H and O–H groups in total. The van der Waals surface area contributed by atoms with Crippen LogP contribution in [0.3, 0.4) is 0 Å². The third-order valence-electron chi connectivity index (χ3n) is 3.62. The average molecular weight is 266 g/mol. The highest BCUT2D eigenvalue weighted by molar-refractivity contribution is 6.10. The Morgan fingerprint density at radius 1 is 1.25 bits per heavy atom. The van der Waals surface area contributed by atoms with Crippen LogP contribution >= 0.6 is 0 Å². The zero-order chi connectivity index (χ0) is 13.5. The van der Waals surface area contributed by atoms with Gasteiger partial charge in [0.15, 0.2) is 5.58 Å². The predicted octanol–water partition coefficient (Wildman–Crippen LogP) is 3.02. The molecule has 4 rings (SSSR count). The van der Waals surface area contributed by atoms with E-state index in [0.717, 1.165) is 40.8 Å². The zero-order valence-electron chi connectivity index (χ0n) is 11.2. The van der Waals surface area contributed by atoms with E-state index in [1.807, 2.05) is 29.7 Å². The molecule has 3 heterocycles. The second-order valence-electron chi connectivity index (χ2n) is 4.79. The van der Waals surface area contributed by atoms with Crippen LogP contribution in [0.1, 0.15) is 6.92 Å². The molecule has 2 aromatic heterocycles. The molecule has 0 fully saturated rings. The second kappa shape index (κ2) is 4.23. The number of fused-ring (bicyclic) bond motifs is 3. The topological polar surface area (TPSA) is 44.9 Å². The van der Waals surface area contributed by atoms with Crippen molar-refractivity contribution >= 4 is 34.0 Å². The van der Waals surface area contributed by atoms with Crippen LogP contribution in [-0.4, -0.2) is 29.5 Å². The molecule has 0 atom stereocenters. The minimum Gasteiger partial charge on any atom is -0.454 e. The molecule has 1 aromatic carbocycles. The Bertz CT molecular complexity index is 808. The molecular weight excluding hydrogens is 252 g/mol. The molecule has 20 heavy (non-hydrogen) atoms. The first-order chi connectivity index (χ1) is 9.86.